The second-order valence-electron chi connectivity index (χ2n) is 6.26. The van der Waals surface area contributed by atoms with E-state index in [1.54, 1.807) is 28.8 Å². The van der Waals surface area contributed by atoms with E-state index >= 15 is 0 Å². The first kappa shape index (κ1) is 19.9. The van der Waals surface area contributed by atoms with E-state index in [2.05, 4.69) is 9.88 Å². The molecule has 0 fully saturated rings. The van der Waals surface area contributed by atoms with Crippen LogP contribution in [0.2, 0.25) is 0 Å². The van der Waals surface area contributed by atoms with Gasteiger partial charge in [-0.05, 0) is 49.7 Å². The lowest BCUT2D eigenvalue weighted by Crippen LogP contribution is -2.30. The van der Waals surface area contributed by atoms with Crippen LogP contribution in [0.4, 0.5) is 5.00 Å². The van der Waals surface area contributed by atoms with Gasteiger partial charge in [0.1, 0.15) is 11.1 Å². The lowest BCUT2D eigenvalue weighted by Gasteiger charge is -2.13. The summed E-state index contributed by atoms with van der Waals surface area (Å²) in [6, 6.07) is 9.46. The minimum Gasteiger partial charge on any atom is -0.449 e. The summed E-state index contributed by atoms with van der Waals surface area (Å²) in [7, 11) is 0. The van der Waals surface area contributed by atoms with Crippen molar-refractivity contribution in [3.63, 3.8) is 0 Å². The van der Waals surface area contributed by atoms with Crippen molar-refractivity contribution in [1.29, 1.82) is 5.26 Å². The van der Waals surface area contributed by atoms with Gasteiger partial charge in [-0.3, -0.25) is 4.79 Å². The third kappa shape index (κ3) is 4.16. The second kappa shape index (κ2) is 8.42. The Morgan fingerprint density at radius 1 is 1.29 bits per heavy atom. The number of amides is 1. The molecule has 0 aliphatic carbocycles. The number of nitrogens with zero attached hydrogens (tertiary/aromatic N) is 2. The minimum atomic E-state index is -0.985. The van der Waals surface area contributed by atoms with Crippen molar-refractivity contribution in [2.75, 3.05) is 5.32 Å². The van der Waals surface area contributed by atoms with Crippen LogP contribution < -0.4 is 5.32 Å². The van der Waals surface area contributed by atoms with Gasteiger partial charge in [0.05, 0.1) is 17.7 Å². The SMILES string of the molecule is Cc1cc(C(=O)O[C@@H](C)C(=O)Nc2sccc2C#N)c(C)n1Cc1cccs1. The van der Waals surface area contributed by atoms with Gasteiger partial charge in [-0.15, -0.1) is 22.7 Å². The maximum absolute atomic E-state index is 12.6. The van der Waals surface area contributed by atoms with Crippen molar-refractivity contribution in [2.45, 2.75) is 33.4 Å². The number of nitriles is 1. The molecule has 0 saturated carbocycles. The molecule has 1 amide bonds. The molecule has 1 N–H and O–H groups in total. The molecule has 3 rings (SSSR count). The smallest absolute Gasteiger partial charge is 0.340 e. The van der Waals surface area contributed by atoms with E-state index in [4.69, 9.17) is 10.00 Å². The Balaban J connectivity index is 1.69. The molecular formula is C20H19N3O3S2. The lowest BCUT2D eigenvalue weighted by molar-refractivity contribution is -0.123. The third-order valence-corrected chi connectivity index (χ3v) is 6.05. The van der Waals surface area contributed by atoms with Gasteiger partial charge >= 0.3 is 5.97 Å². The molecule has 28 heavy (non-hydrogen) atoms. The van der Waals surface area contributed by atoms with Gasteiger partial charge < -0.3 is 14.6 Å². The van der Waals surface area contributed by atoms with Crippen molar-refractivity contribution >= 4 is 39.6 Å². The summed E-state index contributed by atoms with van der Waals surface area (Å²) in [5.74, 6) is -1.01. The molecule has 0 unspecified atom stereocenters. The molecule has 6 nitrogen and oxygen atoms in total. The van der Waals surface area contributed by atoms with Gasteiger partial charge in [-0.25, -0.2) is 4.79 Å². The largest absolute Gasteiger partial charge is 0.449 e. The van der Waals surface area contributed by atoms with E-state index in [9.17, 15) is 9.59 Å². The lowest BCUT2D eigenvalue weighted by atomic mass is 10.2. The van der Waals surface area contributed by atoms with Crippen LogP contribution in [-0.4, -0.2) is 22.5 Å². The summed E-state index contributed by atoms with van der Waals surface area (Å²) < 4.78 is 7.42. The van der Waals surface area contributed by atoms with Crippen LogP contribution in [0.3, 0.4) is 0 Å². The van der Waals surface area contributed by atoms with Gasteiger partial charge in [-0.2, -0.15) is 5.26 Å². The maximum atomic E-state index is 12.6. The molecule has 1 atom stereocenters. The summed E-state index contributed by atoms with van der Waals surface area (Å²) in [6.07, 6.45) is -0.985. The van der Waals surface area contributed by atoms with E-state index in [1.807, 2.05) is 37.4 Å². The number of anilines is 1. The fourth-order valence-electron chi connectivity index (χ4n) is 2.79. The number of hydrogen-bond acceptors (Lipinski definition) is 6. The zero-order valence-corrected chi connectivity index (χ0v) is 17.3. The molecule has 0 bridgehead atoms. The first-order chi connectivity index (χ1) is 13.4. The van der Waals surface area contributed by atoms with Crippen LogP contribution in [0.1, 0.15) is 39.1 Å². The molecule has 3 aromatic heterocycles. The average Bonchev–Trinajstić information content (AvgIpc) is 3.39. The Bertz CT molecular complexity index is 1040. The summed E-state index contributed by atoms with van der Waals surface area (Å²) in [5.41, 5.74) is 2.58. The Morgan fingerprint density at radius 2 is 2.07 bits per heavy atom. The number of rotatable bonds is 6. The van der Waals surface area contributed by atoms with E-state index < -0.39 is 18.0 Å². The number of carbonyl (C=O) groups excluding carboxylic acids is 2. The van der Waals surface area contributed by atoms with Crippen LogP contribution in [0, 0.1) is 25.2 Å². The molecular weight excluding hydrogens is 394 g/mol. The number of hydrogen-bond donors (Lipinski definition) is 1. The molecule has 0 aliphatic heterocycles. The van der Waals surface area contributed by atoms with Crippen LogP contribution in [0.25, 0.3) is 0 Å². The second-order valence-corrected chi connectivity index (χ2v) is 8.21. The van der Waals surface area contributed by atoms with Crippen molar-refractivity contribution in [1.82, 2.24) is 4.57 Å². The van der Waals surface area contributed by atoms with Gasteiger partial charge in [0.25, 0.3) is 5.91 Å². The normalized spacial score (nSPS) is 11.6. The van der Waals surface area contributed by atoms with Crippen molar-refractivity contribution < 1.29 is 14.3 Å². The fraction of sp³-hybridized carbons (Fsp3) is 0.250. The molecule has 144 valence electrons. The van der Waals surface area contributed by atoms with Crippen LogP contribution in [0.15, 0.2) is 35.0 Å². The highest BCUT2D eigenvalue weighted by molar-refractivity contribution is 7.14. The highest BCUT2D eigenvalue weighted by Gasteiger charge is 2.23. The maximum Gasteiger partial charge on any atom is 0.340 e. The van der Waals surface area contributed by atoms with Crippen molar-refractivity contribution in [2.24, 2.45) is 0 Å². The van der Waals surface area contributed by atoms with E-state index in [0.29, 0.717) is 22.7 Å². The summed E-state index contributed by atoms with van der Waals surface area (Å²) in [6.45, 7) is 6.01. The predicted octanol–water partition coefficient (Wildman–Crippen LogP) is 4.33. The zero-order valence-electron chi connectivity index (χ0n) is 15.7. The Kier molecular flexibility index (Phi) is 5.97. The molecule has 3 heterocycles. The van der Waals surface area contributed by atoms with Crippen molar-refractivity contribution in [3.8, 4) is 6.07 Å². The van der Waals surface area contributed by atoms with Gasteiger partial charge in [-0.1, -0.05) is 6.07 Å². The molecule has 0 saturated heterocycles. The molecule has 0 aromatic carbocycles. The van der Waals surface area contributed by atoms with Crippen LogP contribution in [-0.2, 0) is 16.1 Å². The topological polar surface area (TPSA) is 84.1 Å². The van der Waals surface area contributed by atoms with E-state index in [1.165, 1.54) is 23.1 Å². The Hall–Kier alpha value is -2.89. The van der Waals surface area contributed by atoms with E-state index in [-0.39, 0.29) is 0 Å². The first-order valence-electron chi connectivity index (χ1n) is 8.59. The Labute approximate surface area is 171 Å². The van der Waals surface area contributed by atoms with Gasteiger partial charge in [0, 0.05) is 16.3 Å². The number of thiophene rings is 2. The van der Waals surface area contributed by atoms with Crippen molar-refractivity contribution in [3.05, 3.63) is 62.4 Å². The molecule has 0 spiro atoms. The summed E-state index contributed by atoms with van der Waals surface area (Å²) >= 11 is 2.91. The highest BCUT2D eigenvalue weighted by atomic mass is 32.1. The van der Waals surface area contributed by atoms with Crippen LogP contribution in [0.5, 0.6) is 0 Å². The average molecular weight is 414 g/mol. The fourth-order valence-corrected chi connectivity index (χ4v) is 4.23. The summed E-state index contributed by atoms with van der Waals surface area (Å²) in [5, 5.41) is 15.8. The number of carbonyl (C=O) groups is 2. The molecule has 0 aliphatic rings. The number of nitrogens with one attached hydrogen (secondary N) is 1. The minimum absolute atomic E-state index is 0.383. The number of ether oxygens (including phenoxy) is 1. The molecule has 3 aromatic rings. The number of esters is 1. The quantitative estimate of drug-likeness (QED) is 0.610. The number of aromatic nitrogens is 1. The molecule has 0 radical (unpaired) electrons. The highest BCUT2D eigenvalue weighted by Crippen LogP contribution is 2.23. The standard InChI is InChI=1S/C20H19N3O3S2/c1-12-9-17(13(2)23(12)11-16-5-4-7-27-16)20(25)26-14(3)18(24)22-19-15(10-21)6-8-28-19/h4-9,14H,11H2,1-3H3,(H,22,24)/t14-/m0/s1. The first-order valence-corrected chi connectivity index (χ1v) is 10.3. The van der Waals surface area contributed by atoms with Crippen LogP contribution >= 0.6 is 22.7 Å². The van der Waals surface area contributed by atoms with Gasteiger partial charge in [0.15, 0.2) is 6.10 Å². The number of aryl methyl sites for hydroxylation is 1. The third-order valence-electron chi connectivity index (χ3n) is 4.36. The molecule has 8 heteroatoms. The van der Waals surface area contributed by atoms with E-state index in [0.717, 1.165) is 11.4 Å². The van der Waals surface area contributed by atoms with Gasteiger partial charge in [0.2, 0.25) is 0 Å². The predicted molar refractivity (Wildman–Crippen MR) is 110 cm³/mol. The Morgan fingerprint density at radius 3 is 2.75 bits per heavy atom. The summed E-state index contributed by atoms with van der Waals surface area (Å²) in [4.78, 5) is 26.1. The zero-order chi connectivity index (χ0) is 20.3. The monoisotopic (exact) mass is 413 g/mol.